The molecule has 0 atom stereocenters. The molecule has 90 valence electrons. The number of nitrogens with one attached hydrogen (secondary N) is 1. The molecule has 4 heteroatoms. The van der Waals surface area contributed by atoms with Crippen molar-refractivity contribution < 1.29 is 4.39 Å². The number of pyridine rings is 1. The molecule has 0 saturated heterocycles. The number of rotatable bonds is 3. The lowest BCUT2D eigenvalue weighted by Crippen LogP contribution is -1.99. The first kappa shape index (κ1) is 12.1. The highest BCUT2D eigenvalue weighted by atomic mass is 35.5. The topological polar surface area (TPSA) is 24.9 Å². The number of halogens is 2. The first-order chi connectivity index (χ1) is 8.15. The molecule has 0 bridgehead atoms. The molecule has 0 aliphatic rings. The minimum atomic E-state index is -0.361. The zero-order valence-electron chi connectivity index (χ0n) is 9.85. The molecule has 2 aromatic rings. The molecule has 2 nitrogen and oxygen atoms in total. The van der Waals surface area contributed by atoms with E-state index in [0.29, 0.717) is 10.5 Å². The zero-order chi connectivity index (χ0) is 12.4. The third-order valence-electron chi connectivity index (χ3n) is 2.68. The number of benzene rings is 1. The van der Waals surface area contributed by atoms with E-state index in [0.717, 1.165) is 29.6 Å². The van der Waals surface area contributed by atoms with E-state index in [2.05, 4.69) is 17.2 Å². The lowest BCUT2D eigenvalue weighted by molar-refractivity contribution is 0.629. The van der Waals surface area contributed by atoms with E-state index in [1.54, 1.807) is 0 Å². The average molecular weight is 253 g/mol. The largest absolute Gasteiger partial charge is 0.373 e. The highest BCUT2D eigenvalue weighted by Gasteiger charge is 2.09. The summed E-state index contributed by atoms with van der Waals surface area (Å²) in [7, 11) is 1.81. The molecule has 0 fully saturated rings. The standard InChI is InChI=1S/C13H14ClFN2/c1-3-4-8-5-10-11(14)6-9(15)7-12(10)17-13(8)16-2/h5-7H,3-4H2,1-2H3,(H,16,17). The minimum absolute atomic E-state index is 0.361. The summed E-state index contributed by atoms with van der Waals surface area (Å²) < 4.78 is 13.2. The van der Waals surface area contributed by atoms with E-state index in [-0.39, 0.29) is 5.82 Å². The summed E-state index contributed by atoms with van der Waals surface area (Å²) >= 11 is 6.03. The summed E-state index contributed by atoms with van der Waals surface area (Å²) in [4.78, 5) is 4.40. The van der Waals surface area contributed by atoms with Crippen molar-refractivity contribution >= 4 is 28.3 Å². The van der Waals surface area contributed by atoms with Crippen molar-refractivity contribution in [2.24, 2.45) is 0 Å². The van der Waals surface area contributed by atoms with Gasteiger partial charge in [-0.2, -0.15) is 0 Å². The molecule has 1 heterocycles. The van der Waals surface area contributed by atoms with Crippen molar-refractivity contribution in [1.29, 1.82) is 0 Å². The third-order valence-corrected chi connectivity index (χ3v) is 3.00. The molecule has 0 saturated carbocycles. The summed E-state index contributed by atoms with van der Waals surface area (Å²) in [5, 5.41) is 4.25. The second kappa shape index (κ2) is 4.88. The smallest absolute Gasteiger partial charge is 0.129 e. The molecule has 17 heavy (non-hydrogen) atoms. The predicted octanol–water partition coefficient (Wildman–Crippen LogP) is 4.02. The van der Waals surface area contributed by atoms with Crippen LogP contribution in [0.2, 0.25) is 5.02 Å². The summed E-state index contributed by atoms with van der Waals surface area (Å²) in [6.45, 7) is 2.11. The van der Waals surface area contributed by atoms with Crippen LogP contribution in [0.25, 0.3) is 10.9 Å². The summed E-state index contributed by atoms with van der Waals surface area (Å²) in [5.74, 6) is 0.432. The van der Waals surface area contributed by atoms with Gasteiger partial charge in [0.05, 0.1) is 10.5 Å². The maximum Gasteiger partial charge on any atom is 0.129 e. The van der Waals surface area contributed by atoms with Gasteiger partial charge in [-0.1, -0.05) is 24.9 Å². The number of aryl methyl sites for hydroxylation is 1. The Kier molecular flexibility index (Phi) is 3.48. The van der Waals surface area contributed by atoms with Crippen molar-refractivity contribution in [3.63, 3.8) is 0 Å². The van der Waals surface area contributed by atoms with Gasteiger partial charge >= 0.3 is 0 Å². The van der Waals surface area contributed by atoms with Gasteiger partial charge in [-0.15, -0.1) is 0 Å². The van der Waals surface area contributed by atoms with Gasteiger partial charge in [0.1, 0.15) is 11.6 Å². The number of hydrogen-bond acceptors (Lipinski definition) is 2. The Bertz CT molecular complexity index is 555. The lowest BCUT2D eigenvalue weighted by Gasteiger charge is -2.10. The van der Waals surface area contributed by atoms with Gasteiger partial charge in [-0.25, -0.2) is 9.37 Å². The van der Waals surface area contributed by atoms with Gasteiger partial charge < -0.3 is 5.32 Å². The normalized spacial score (nSPS) is 10.8. The fourth-order valence-corrected chi connectivity index (χ4v) is 2.17. The number of aromatic nitrogens is 1. The van der Waals surface area contributed by atoms with E-state index < -0.39 is 0 Å². The second-order valence-corrected chi connectivity index (χ2v) is 4.36. The van der Waals surface area contributed by atoms with Gasteiger partial charge in [0, 0.05) is 18.5 Å². The molecule has 2 rings (SSSR count). The van der Waals surface area contributed by atoms with Crippen LogP contribution in [0.15, 0.2) is 18.2 Å². The maximum absolute atomic E-state index is 13.2. The SMILES string of the molecule is CCCc1cc2c(Cl)cc(F)cc2nc1NC. The van der Waals surface area contributed by atoms with E-state index in [4.69, 9.17) is 11.6 Å². The first-order valence-corrected chi connectivity index (χ1v) is 6.00. The molecular weight excluding hydrogens is 239 g/mol. The fraction of sp³-hybridized carbons (Fsp3) is 0.308. The van der Waals surface area contributed by atoms with Crippen LogP contribution < -0.4 is 5.32 Å². The van der Waals surface area contributed by atoms with Crippen molar-refractivity contribution in [3.05, 3.63) is 34.6 Å². The van der Waals surface area contributed by atoms with Crippen LogP contribution in [0.4, 0.5) is 10.2 Å². The van der Waals surface area contributed by atoms with Gasteiger partial charge in [-0.05, 0) is 24.1 Å². The minimum Gasteiger partial charge on any atom is -0.373 e. The quantitative estimate of drug-likeness (QED) is 0.892. The highest BCUT2D eigenvalue weighted by molar-refractivity contribution is 6.35. The molecule has 1 aromatic carbocycles. The van der Waals surface area contributed by atoms with E-state index >= 15 is 0 Å². The van der Waals surface area contributed by atoms with Crippen LogP contribution in [-0.4, -0.2) is 12.0 Å². The molecule has 0 spiro atoms. The molecular formula is C13H14ClFN2. The lowest BCUT2D eigenvalue weighted by atomic mass is 10.1. The molecule has 1 aromatic heterocycles. The second-order valence-electron chi connectivity index (χ2n) is 3.95. The van der Waals surface area contributed by atoms with Crippen molar-refractivity contribution in [3.8, 4) is 0 Å². The van der Waals surface area contributed by atoms with Crippen LogP contribution in [-0.2, 0) is 6.42 Å². The number of hydrogen-bond donors (Lipinski definition) is 1. The van der Waals surface area contributed by atoms with E-state index in [9.17, 15) is 4.39 Å². The van der Waals surface area contributed by atoms with Crippen molar-refractivity contribution in [2.45, 2.75) is 19.8 Å². The maximum atomic E-state index is 13.2. The van der Waals surface area contributed by atoms with E-state index in [1.807, 2.05) is 13.1 Å². The summed E-state index contributed by atoms with van der Waals surface area (Å²) in [6.07, 6.45) is 1.95. The van der Waals surface area contributed by atoms with Gasteiger partial charge in [0.15, 0.2) is 0 Å². The third kappa shape index (κ3) is 2.34. The molecule has 0 unspecified atom stereocenters. The molecule has 0 amide bonds. The van der Waals surface area contributed by atoms with Crippen LogP contribution in [0.1, 0.15) is 18.9 Å². The molecule has 0 aliphatic heterocycles. The van der Waals surface area contributed by atoms with Crippen LogP contribution in [0.5, 0.6) is 0 Å². The Morgan fingerprint density at radius 2 is 2.12 bits per heavy atom. The Morgan fingerprint density at radius 1 is 1.35 bits per heavy atom. The predicted molar refractivity (Wildman–Crippen MR) is 70.3 cm³/mol. The first-order valence-electron chi connectivity index (χ1n) is 5.62. The number of anilines is 1. The number of nitrogens with zero attached hydrogens (tertiary/aromatic N) is 1. The summed E-state index contributed by atoms with van der Waals surface area (Å²) in [5.41, 5.74) is 1.69. The van der Waals surface area contributed by atoms with Crippen LogP contribution in [0.3, 0.4) is 0 Å². The zero-order valence-corrected chi connectivity index (χ0v) is 10.6. The Balaban J connectivity index is 2.69. The fourth-order valence-electron chi connectivity index (χ4n) is 1.92. The van der Waals surface area contributed by atoms with Gasteiger partial charge in [-0.3, -0.25) is 0 Å². The molecule has 0 aliphatic carbocycles. The number of fused-ring (bicyclic) bond motifs is 1. The Labute approximate surface area is 105 Å². The van der Waals surface area contributed by atoms with Gasteiger partial charge in [0.25, 0.3) is 0 Å². The average Bonchev–Trinajstić information content (AvgIpc) is 2.29. The summed E-state index contributed by atoms with van der Waals surface area (Å²) in [6, 6.07) is 4.71. The highest BCUT2D eigenvalue weighted by Crippen LogP contribution is 2.28. The van der Waals surface area contributed by atoms with Gasteiger partial charge in [0.2, 0.25) is 0 Å². The monoisotopic (exact) mass is 252 g/mol. The van der Waals surface area contributed by atoms with Crippen molar-refractivity contribution in [1.82, 2.24) is 4.98 Å². The Hall–Kier alpha value is -1.35. The van der Waals surface area contributed by atoms with E-state index in [1.165, 1.54) is 12.1 Å². The molecule has 1 N–H and O–H groups in total. The Morgan fingerprint density at radius 3 is 2.76 bits per heavy atom. The molecule has 0 radical (unpaired) electrons. The van der Waals surface area contributed by atoms with Crippen molar-refractivity contribution in [2.75, 3.05) is 12.4 Å². The van der Waals surface area contributed by atoms with Crippen LogP contribution >= 0.6 is 11.6 Å². The van der Waals surface area contributed by atoms with Crippen LogP contribution in [0, 0.1) is 5.82 Å².